The summed E-state index contributed by atoms with van der Waals surface area (Å²) < 4.78 is 0. The standard InChI is InChI=1S/C13H26N2O.ClH/c1-9(2)7-11(14)12(16)15-8-13(5-6-13)10(3)4;/h9-11H,5-8,14H2,1-4H3,(H,15,16);1H/t11-;/m0./s1. The molecule has 1 atom stereocenters. The molecule has 0 spiro atoms. The van der Waals surface area contributed by atoms with E-state index in [9.17, 15) is 4.79 Å². The van der Waals surface area contributed by atoms with Gasteiger partial charge in [0.25, 0.3) is 0 Å². The number of amides is 1. The quantitative estimate of drug-likeness (QED) is 0.772. The largest absolute Gasteiger partial charge is 0.354 e. The summed E-state index contributed by atoms with van der Waals surface area (Å²) >= 11 is 0. The summed E-state index contributed by atoms with van der Waals surface area (Å²) in [4.78, 5) is 11.7. The van der Waals surface area contributed by atoms with E-state index >= 15 is 0 Å². The van der Waals surface area contributed by atoms with Gasteiger partial charge in [0.1, 0.15) is 0 Å². The first-order valence-corrected chi connectivity index (χ1v) is 6.40. The Morgan fingerprint density at radius 1 is 1.29 bits per heavy atom. The first-order valence-electron chi connectivity index (χ1n) is 6.40. The number of hydrogen-bond donors (Lipinski definition) is 2. The molecule has 1 fully saturated rings. The average Bonchev–Trinajstić information content (AvgIpc) is 2.93. The van der Waals surface area contributed by atoms with Gasteiger partial charge in [-0.3, -0.25) is 4.79 Å². The van der Waals surface area contributed by atoms with Crippen molar-refractivity contribution in [1.29, 1.82) is 0 Å². The highest BCUT2D eigenvalue weighted by molar-refractivity contribution is 5.85. The Balaban J connectivity index is 0.00000256. The number of nitrogens with one attached hydrogen (secondary N) is 1. The summed E-state index contributed by atoms with van der Waals surface area (Å²) in [6.07, 6.45) is 3.25. The van der Waals surface area contributed by atoms with Crippen LogP contribution in [0.4, 0.5) is 0 Å². The lowest BCUT2D eigenvalue weighted by atomic mass is 9.92. The van der Waals surface area contributed by atoms with Crippen molar-refractivity contribution in [1.82, 2.24) is 5.32 Å². The van der Waals surface area contributed by atoms with Gasteiger partial charge in [-0.05, 0) is 36.5 Å². The molecule has 1 aliphatic rings. The highest BCUT2D eigenvalue weighted by Crippen LogP contribution is 2.51. The summed E-state index contributed by atoms with van der Waals surface area (Å²) in [5.74, 6) is 1.13. The van der Waals surface area contributed by atoms with E-state index in [1.807, 2.05) is 0 Å². The van der Waals surface area contributed by atoms with Crippen molar-refractivity contribution in [3.05, 3.63) is 0 Å². The summed E-state index contributed by atoms with van der Waals surface area (Å²) in [5.41, 5.74) is 6.20. The summed E-state index contributed by atoms with van der Waals surface area (Å²) in [6, 6.07) is -0.344. The van der Waals surface area contributed by atoms with Crippen molar-refractivity contribution in [3.8, 4) is 0 Å². The van der Waals surface area contributed by atoms with Gasteiger partial charge < -0.3 is 11.1 Å². The van der Waals surface area contributed by atoms with Crippen LogP contribution in [-0.4, -0.2) is 18.5 Å². The zero-order chi connectivity index (χ0) is 12.3. The van der Waals surface area contributed by atoms with Gasteiger partial charge in [-0.2, -0.15) is 0 Å². The normalized spacial score (nSPS) is 18.8. The van der Waals surface area contributed by atoms with Crippen LogP contribution in [-0.2, 0) is 4.79 Å². The van der Waals surface area contributed by atoms with Gasteiger partial charge in [0.05, 0.1) is 6.04 Å². The Labute approximate surface area is 111 Å². The molecule has 102 valence electrons. The molecule has 3 N–H and O–H groups in total. The predicted octanol–water partition coefficient (Wildman–Crippen LogP) is 2.33. The molecule has 0 unspecified atom stereocenters. The number of carbonyl (C=O) groups is 1. The lowest BCUT2D eigenvalue weighted by Crippen LogP contribution is -2.44. The smallest absolute Gasteiger partial charge is 0.236 e. The molecule has 0 heterocycles. The average molecular weight is 263 g/mol. The molecule has 0 aliphatic heterocycles. The molecule has 4 heteroatoms. The Hall–Kier alpha value is -0.280. The number of carbonyl (C=O) groups excluding carboxylic acids is 1. The number of rotatable bonds is 6. The number of halogens is 1. The molecular formula is C13H27ClN2O. The van der Waals surface area contributed by atoms with Crippen LogP contribution >= 0.6 is 12.4 Å². The van der Waals surface area contributed by atoms with Gasteiger partial charge in [0.15, 0.2) is 0 Å². The van der Waals surface area contributed by atoms with Gasteiger partial charge in [-0.1, -0.05) is 27.7 Å². The monoisotopic (exact) mass is 262 g/mol. The third-order valence-corrected chi connectivity index (χ3v) is 3.79. The lowest BCUT2D eigenvalue weighted by molar-refractivity contribution is -0.123. The van der Waals surface area contributed by atoms with Crippen LogP contribution in [0.2, 0.25) is 0 Å². The molecule has 17 heavy (non-hydrogen) atoms. The van der Waals surface area contributed by atoms with Crippen molar-refractivity contribution in [2.24, 2.45) is 23.0 Å². The molecule has 0 aromatic rings. The van der Waals surface area contributed by atoms with Crippen LogP contribution in [0.3, 0.4) is 0 Å². The van der Waals surface area contributed by atoms with Gasteiger partial charge in [0, 0.05) is 6.54 Å². The van der Waals surface area contributed by atoms with E-state index in [0.29, 0.717) is 17.3 Å². The fourth-order valence-corrected chi connectivity index (χ4v) is 2.13. The topological polar surface area (TPSA) is 55.1 Å². The van der Waals surface area contributed by atoms with Crippen LogP contribution in [0.25, 0.3) is 0 Å². The van der Waals surface area contributed by atoms with E-state index in [0.717, 1.165) is 13.0 Å². The minimum Gasteiger partial charge on any atom is -0.354 e. The molecule has 1 aliphatic carbocycles. The Kier molecular flexibility index (Phi) is 6.49. The maximum absolute atomic E-state index is 11.7. The van der Waals surface area contributed by atoms with E-state index < -0.39 is 0 Å². The summed E-state index contributed by atoms with van der Waals surface area (Å²) in [6.45, 7) is 9.43. The zero-order valence-corrected chi connectivity index (χ0v) is 12.3. The van der Waals surface area contributed by atoms with Crippen LogP contribution in [0.5, 0.6) is 0 Å². The fraction of sp³-hybridized carbons (Fsp3) is 0.923. The van der Waals surface area contributed by atoms with Crippen molar-refractivity contribution < 1.29 is 4.79 Å². The molecule has 1 rings (SSSR count). The molecule has 1 amide bonds. The molecular weight excluding hydrogens is 236 g/mol. The molecule has 0 aromatic carbocycles. The van der Waals surface area contributed by atoms with Crippen LogP contribution in [0.15, 0.2) is 0 Å². The predicted molar refractivity (Wildman–Crippen MR) is 74.2 cm³/mol. The van der Waals surface area contributed by atoms with Crippen molar-refractivity contribution in [2.45, 2.75) is 53.0 Å². The second-order valence-electron chi connectivity index (χ2n) is 5.97. The Morgan fingerprint density at radius 3 is 2.18 bits per heavy atom. The first kappa shape index (κ1) is 16.7. The van der Waals surface area contributed by atoms with Crippen LogP contribution < -0.4 is 11.1 Å². The summed E-state index contributed by atoms with van der Waals surface area (Å²) in [7, 11) is 0. The summed E-state index contributed by atoms with van der Waals surface area (Å²) in [5, 5.41) is 3.01. The van der Waals surface area contributed by atoms with Gasteiger partial charge in [0.2, 0.25) is 5.91 Å². The molecule has 0 bridgehead atoms. The molecule has 1 saturated carbocycles. The highest BCUT2D eigenvalue weighted by Gasteiger charge is 2.45. The van der Waals surface area contributed by atoms with Crippen molar-refractivity contribution >= 4 is 18.3 Å². The van der Waals surface area contributed by atoms with Gasteiger partial charge in [-0.25, -0.2) is 0 Å². The van der Waals surface area contributed by atoms with E-state index in [2.05, 4.69) is 33.0 Å². The Bertz CT molecular complexity index is 250. The van der Waals surface area contributed by atoms with Gasteiger partial charge >= 0.3 is 0 Å². The van der Waals surface area contributed by atoms with E-state index in [1.165, 1.54) is 12.8 Å². The van der Waals surface area contributed by atoms with E-state index in [-0.39, 0.29) is 24.4 Å². The molecule has 3 nitrogen and oxygen atoms in total. The second-order valence-corrected chi connectivity index (χ2v) is 5.97. The molecule has 0 aromatic heterocycles. The number of hydrogen-bond acceptors (Lipinski definition) is 2. The highest BCUT2D eigenvalue weighted by atomic mass is 35.5. The zero-order valence-electron chi connectivity index (χ0n) is 11.5. The fourth-order valence-electron chi connectivity index (χ4n) is 2.13. The molecule has 0 radical (unpaired) electrons. The van der Waals surface area contributed by atoms with Crippen molar-refractivity contribution in [3.63, 3.8) is 0 Å². The van der Waals surface area contributed by atoms with Crippen LogP contribution in [0.1, 0.15) is 47.0 Å². The first-order chi connectivity index (χ1) is 7.37. The SMILES string of the molecule is CC(C)C[C@H](N)C(=O)NCC1(C(C)C)CC1.Cl. The molecule has 0 saturated heterocycles. The van der Waals surface area contributed by atoms with E-state index in [1.54, 1.807) is 0 Å². The third kappa shape index (κ3) is 4.84. The van der Waals surface area contributed by atoms with Crippen LogP contribution in [0, 0.1) is 17.3 Å². The third-order valence-electron chi connectivity index (χ3n) is 3.79. The minimum atomic E-state index is -0.344. The second kappa shape index (κ2) is 6.60. The van der Waals surface area contributed by atoms with Crippen molar-refractivity contribution in [2.75, 3.05) is 6.54 Å². The maximum Gasteiger partial charge on any atom is 0.236 e. The Morgan fingerprint density at radius 2 is 1.82 bits per heavy atom. The minimum absolute atomic E-state index is 0. The lowest BCUT2D eigenvalue weighted by Gasteiger charge is -2.21. The maximum atomic E-state index is 11.7. The van der Waals surface area contributed by atoms with E-state index in [4.69, 9.17) is 5.73 Å². The van der Waals surface area contributed by atoms with Gasteiger partial charge in [-0.15, -0.1) is 12.4 Å². The number of nitrogens with two attached hydrogens (primary N) is 1.